The van der Waals surface area contributed by atoms with Crippen LogP contribution in [0.3, 0.4) is 0 Å². The van der Waals surface area contributed by atoms with Crippen LogP contribution in [0.25, 0.3) is 0 Å². The number of nitrogens with one attached hydrogen (secondary N) is 2. The maximum Gasteiger partial charge on any atom is 0.269 e. The van der Waals surface area contributed by atoms with Crippen LogP contribution in [0.2, 0.25) is 0 Å². The summed E-state index contributed by atoms with van der Waals surface area (Å²) in [5, 5.41) is 6.27. The van der Waals surface area contributed by atoms with Gasteiger partial charge in [0.15, 0.2) is 0 Å². The van der Waals surface area contributed by atoms with Gasteiger partial charge in [-0.1, -0.05) is 32.0 Å². The standard InChI is InChI=1S/C18H23N3O/c1-4-10-20-18(22)16-12-15(9-11-19-16)21-17-13(3)7-6-8-14(17)5-2/h6-9,11-12H,4-5,10H2,1-3H3,(H,19,21)(H,20,22). The van der Waals surface area contributed by atoms with Gasteiger partial charge in [0.05, 0.1) is 0 Å². The number of para-hydroxylation sites is 1. The Morgan fingerprint density at radius 3 is 2.77 bits per heavy atom. The van der Waals surface area contributed by atoms with E-state index >= 15 is 0 Å². The Kier molecular flexibility index (Phi) is 5.53. The minimum Gasteiger partial charge on any atom is -0.355 e. The number of anilines is 2. The molecule has 1 amide bonds. The van der Waals surface area contributed by atoms with Gasteiger partial charge in [-0.25, -0.2) is 0 Å². The molecule has 0 saturated heterocycles. The number of carbonyl (C=O) groups excluding carboxylic acids is 1. The van der Waals surface area contributed by atoms with Crippen LogP contribution in [0.15, 0.2) is 36.5 Å². The number of hydrogen-bond donors (Lipinski definition) is 2. The SMILES string of the molecule is CCCNC(=O)c1cc(Nc2c(C)cccc2CC)ccn1. The van der Waals surface area contributed by atoms with E-state index in [1.165, 1.54) is 11.1 Å². The van der Waals surface area contributed by atoms with Crippen molar-refractivity contribution in [3.8, 4) is 0 Å². The molecule has 4 nitrogen and oxygen atoms in total. The number of pyridine rings is 1. The van der Waals surface area contributed by atoms with E-state index in [1.807, 2.05) is 13.0 Å². The minimum absolute atomic E-state index is 0.133. The minimum atomic E-state index is -0.133. The molecule has 116 valence electrons. The zero-order valence-corrected chi connectivity index (χ0v) is 13.4. The van der Waals surface area contributed by atoms with Gasteiger partial charge in [-0.05, 0) is 43.0 Å². The molecule has 0 fully saturated rings. The van der Waals surface area contributed by atoms with Crippen molar-refractivity contribution in [1.82, 2.24) is 10.3 Å². The molecule has 0 aliphatic rings. The molecule has 0 saturated carbocycles. The van der Waals surface area contributed by atoms with Crippen LogP contribution in [-0.4, -0.2) is 17.4 Å². The molecule has 22 heavy (non-hydrogen) atoms. The number of carbonyl (C=O) groups is 1. The summed E-state index contributed by atoms with van der Waals surface area (Å²) >= 11 is 0. The lowest BCUT2D eigenvalue weighted by Crippen LogP contribution is -2.24. The lowest BCUT2D eigenvalue weighted by atomic mass is 10.1. The molecular formula is C18H23N3O. The van der Waals surface area contributed by atoms with Gasteiger partial charge in [-0.3, -0.25) is 9.78 Å². The molecule has 2 aromatic rings. The highest BCUT2D eigenvalue weighted by atomic mass is 16.1. The molecule has 0 spiro atoms. The number of aryl methyl sites for hydroxylation is 2. The molecule has 0 aliphatic carbocycles. The van der Waals surface area contributed by atoms with E-state index in [1.54, 1.807) is 12.3 Å². The number of hydrogen-bond acceptors (Lipinski definition) is 3. The summed E-state index contributed by atoms with van der Waals surface area (Å²) in [6, 6.07) is 9.93. The summed E-state index contributed by atoms with van der Waals surface area (Å²) in [6.07, 6.45) is 3.53. The summed E-state index contributed by atoms with van der Waals surface area (Å²) in [6.45, 7) is 6.90. The Balaban J connectivity index is 2.22. The van der Waals surface area contributed by atoms with E-state index in [0.29, 0.717) is 12.2 Å². The topological polar surface area (TPSA) is 54.0 Å². The fraction of sp³-hybridized carbons (Fsp3) is 0.333. The molecule has 1 aromatic carbocycles. The number of nitrogens with zero attached hydrogens (tertiary/aromatic N) is 1. The van der Waals surface area contributed by atoms with E-state index in [4.69, 9.17) is 0 Å². The van der Waals surface area contributed by atoms with Crippen LogP contribution in [0, 0.1) is 6.92 Å². The van der Waals surface area contributed by atoms with Crippen LogP contribution in [0.5, 0.6) is 0 Å². The van der Waals surface area contributed by atoms with Crippen molar-refractivity contribution >= 4 is 17.3 Å². The van der Waals surface area contributed by atoms with Gasteiger partial charge in [0, 0.05) is 24.1 Å². The Morgan fingerprint density at radius 1 is 1.23 bits per heavy atom. The maximum absolute atomic E-state index is 12.0. The van der Waals surface area contributed by atoms with Crippen molar-refractivity contribution < 1.29 is 4.79 Å². The Labute approximate surface area is 132 Å². The highest BCUT2D eigenvalue weighted by Gasteiger charge is 2.09. The Morgan fingerprint density at radius 2 is 2.05 bits per heavy atom. The van der Waals surface area contributed by atoms with Crippen LogP contribution in [0.1, 0.15) is 41.9 Å². The summed E-state index contributed by atoms with van der Waals surface area (Å²) < 4.78 is 0. The highest BCUT2D eigenvalue weighted by molar-refractivity contribution is 5.93. The molecule has 0 radical (unpaired) electrons. The molecule has 0 aliphatic heterocycles. The van der Waals surface area contributed by atoms with Crippen LogP contribution in [-0.2, 0) is 6.42 Å². The monoisotopic (exact) mass is 297 g/mol. The lowest BCUT2D eigenvalue weighted by molar-refractivity contribution is 0.0949. The van der Waals surface area contributed by atoms with Crippen molar-refractivity contribution in [3.63, 3.8) is 0 Å². The fourth-order valence-electron chi connectivity index (χ4n) is 2.31. The second kappa shape index (κ2) is 7.59. The van der Waals surface area contributed by atoms with Crippen LogP contribution < -0.4 is 10.6 Å². The van der Waals surface area contributed by atoms with Gasteiger partial charge in [0.2, 0.25) is 0 Å². The third kappa shape index (κ3) is 3.85. The molecule has 0 unspecified atom stereocenters. The number of aromatic nitrogens is 1. The smallest absolute Gasteiger partial charge is 0.269 e. The molecule has 0 bridgehead atoms. The summed E-state index contributed by atoms with van der Waals surface area (Å²) in [5.41, 5.74) is 4.86. The summed E-state index contributed by atoms with van der Waals surface area (Å²) in [4.78, 5) is 16.1. The average molecular weight is 297 g/mol. The Hall–Kier alpha value is -2.36. The first kappa shape index (κ1) is 16.0. The normalized spacial score (nSPS) is 10.3. The molecule has 0 atom stereocenters. The van der Waals surface area contributed by atoms with E-state index in [0.717, 1.165) is 24.2 Å². The second-order valence-corrected chi connectivity index (χ2v) is 5.27. The van der Waals surface area contributed by atoms with Crippen LogP contribution in [0.4, 0.5) is 11.4 Å². The van der Waals surface area contributed by atoms with Crippen LogP contribution >= 0.6 is 0 Å². The second-order valence-electron chi connectivity index (χ2n) is 5.27. The first-order valence-corrected chi connectivity index (χ1v) is 7.75. The predicted molar refractivity (Wildman–Crippen MR) is 90.7 cm³/mol. The van der Waals surface area contributed by atoms with Gasteiger partial charge in [-0.15, -0.1) is 0 Å². The molecule has 1 aromatic heterocycles. The molecular weight excluding hydrogens is 274 g/mol. The van der Waals surface area contributed by atoms with Gasteiger partial charge in [0.25, 0.3) is 5.91 Å². The van der Waals surface area contributed by atoms with E-state index in [9.17, 15) is 4.79 Å². The van der Waals surface area contributed by atoms with Crippen molar-refractivity contribution in [2.75, 3.05) is 11.9 Å². The van der Waals surface area contributed by atoms with Gasteiger partial charge < -0.3 is 10.6 Å². The van der Waals surface area contributed by atoms with E-state index in [2.05, 4.69) is 47.7 Å². The van der Waals surface area contributed by atoms with E-state index in [-0.39, 0.29) is 5.91 Å². The zero-order chi connectivity index (χ0) is 15.9. The van der Waals surface area contributed by atoms with Gasteiger partial charge in [-0.2, -0.15) is 0 Å². The number of benzene rings is 1. The fourth-order valence-corrected chi connectivity index (χ4v) is 2.31. The first-order chi connectivity index (χ1) is 10.7. The quantitative estimate of drug-likeness (QED) is 0.852. The third-order valence-corrected chi connectivity index (χ3v) is 3.54. The predicted octanol–water partition coefficient (Wildman–Crippen LogP) is 3.84. The molecule has 2 N–H and O–H groups in total. The largest absolute Gasteiger partial charge is 0.355 e. The highest BCUT2D eigenvalue weighted by Crippen LogP contribution is 2.25. The van der Waals surface area contributed by atoms with Gasteiger partial charge >= 0.3 is 0 Å². The Bertz CT molecular complexity index is 653. The molecule has 4 heteroatoms. The summed E-state index contributed by atoms with van der Waals surface area (Å²) in [5.74, 6) is -0.133. The van der Waals surface area contributed by atoms with Crippen molar-refractivity contribution in [2.45, 2.75) is 33.6 Å². The molecule has 1 heterocycles. The average Bonchev–Trinajstić information content (AvgIpc) is 2.54. The van der Waals surface area contributed by atoms with Gasteiger partial charge in [0.1, 0.15) is 5.69 Å². The third-order valence-electron chi connectivity index (χ3n) is 3.54. The summed E-state index contributed by atoms with van der Waals surface area (Å²) in [7, 11) is 0. The molecule has 2 rings (SSSR count). The number of rotatable bonds is 6. The van der Waals surface area contributed by atoms with E-state index < -0.39 is 0 Å². The maximum atomic E-state index is 12.0. The van der Waals surface area contributed by atoms with Crippen molar-refractivity contribution in [3.05, 3.63) is 53.3 Å². The van der Waals surface area contributed by atoms with Crippen molar-refractivity contribution in [1.29, 1.82) is 0 Å². The first-order valence-electron chi connectivity index (χ1n) is 7.75. The zero-order valence-electron chi connectivity index (χ0n) is 13.4. The number of amides is 1. The van der Waals surface area contributed by atoms with Crippen molar-refractivity contribution in [2.24, 2.45) is 0 Å². The lowest BCUT2D eigenvalue weighted by Gasteiger charge is -2.14.